The molecule has 2 aliphatic carbocycles. The zero-order valence-corrected chi connectivity index (χ0v) is 14.5. The first-order valence-electron chi connectivity index (χ1n) is 9.16. The molecule has 1 nitrogen and oxygen atoms in total. The molecule has 1 N–H and O–H groups in total. The van der Waals surface area contributed by atoms with Gasteiger partial charge in [0.05, 0.1) is 0 Å². The van der Waals surface area contributed by atoms with E-state index in [1.807, 2.05) is 0 Å². The van der Waals surface area contributed by atoms with Gasteiger partial charge in [0.15, 0.2) is 0 Å². The Morgan fingerprint density at radius 1 is 0.850 bits per heavy atom. The predicted octanol–water partition coefficient (Wildman–Crippen LogP) is 5.40. The molecule has 0 aromatic heterocycles. The molecule has 2 atom stereocenters. The molecule has 0 aromatic carbocycles. The SMILES string of the molecule is CCC(C)(C)C1CCC(NC2CC(C)CC(C)C2)CC1. The van der Waals surface area contributed by atoms with Crippen LogP contribution in [0.3, 0.4) is 0 Å². The first-order valence-corrected chi connectivity index (χ1v) is 9.16. The second-order valence-electron chi connectivity index (χ2n) is 8.67. The molecule has 2 saturated carbocycles. The van der Waals surface area contributed by atoms with Crippen LogP contribution >= 0.6 is 0 Å². The van der Waals surface area contributed by atoms with E-state index in [1.54, 1.807) is 0 Å². The molecule has 0 spiro atoms. The van der Waals surface area contributed by atoms with Crippen LogP contribution in [-0.4, -0.2) is 12.1 Å². The van der Waals surface area contributed by atoms with Crippen LogP contribution in [0.1, 0.15) is 86.0 Å². The van der Waals surface area contributed by atoms with Gasteiger partial charge in [-0.05, 0) is 68.1 Å². The van der Waals surface area contributed by atoms with Gasteiger partial charge in [0.1, 0.15) is 0 Å². The summed E-state index contributed by atoms with van der Waals surface area (Å²) in [4.78, 5) is 0. The summed E-state index contributed by atoms with van der Waals surface area (Å²) in [6.45, 7) is 12.2. The number of rotatable bonds is 4. The van der Waals surface area contributed by atoms with Gasteiger partial charge in [0, 0.05) is 12.1 Å². The summed E-state index contributed by atoms with van der Waals surface area (Å²) in [7, 11) is 0. The number of nitrogens with one attached hydrogen (secondary N) is 1. The van der Waals surface area contributed by atoms with E-state index in [-0.39, 0.29) is 0 Å². The average molecular weight is 280 g/mol. The van der Waals surface area contributed by atoms with Crippen molar-refractivity contribution in [2.45, 2.75) is 98.1 Å². The molecule has 0 bridgehead atoms. The fraction of sp³-hybridized carbons (Fsp3) is 1.00. The monoisotopic (exact) mass is 279 g/mol. The maximum Gasteiger partial charge on any atom is 0.00747 e. The van der Waals surface area contributed by atoms with Gasteiger partial charge < -0.3 is 5.32 Å². The fourth-order valence-electron chi connectivity index (χ4n) is 4.75. The lowest BCUT2D eigenvalue weighted by Crippen LogP contribution is -2.45. The molecule has 1 heteroatoms. The Kier molecular flexibility index (Phi) is 5.56. The van der Waals surface area contributed by atoms with Crippen LogP contribution in [-0.2, 0) is 0 Å². The van der Waals surface area contributed by atoms with Crippen LogP contribution < -0.4 is 5.32 Å². The van der Waals surface area contributed by atoms with E-state index in [0.29, 0.717) is 5.41 Å². The highest BCUT2D eigenvalue weighted by atomic mass is 15.0. The van der Waals surface area contributed by atoms with Gasteiger partial charge in [0.25, 0.3) is 0 Å². The summed E-state index contributed by atoms with van der Waals surface area (Å²) in [5.41, 5.74) is 0.554. The molecular formula is C19H37N. The second-order valence-corrected chi connectivity index (χ2v) is 8.67. The molecule has 2 rings (SSSR count). The summed E-state index contributed by atoms with van der Waals surface area (Å²) in [5.74, 6) is 2.80. The van der Waals surface area contributed by atoms with Crippen molar-refractivity contribution in [1.82, 2.24) is 5.32 Å². The Morgan fingerprint density at radius 2 is 1.40 bits per heavy atom. The molecule has 0 aromatic rings. The first-order chi connectivity index (χ1) is 9.40. The Morgan fingerprint density at radius 3 is 1.90 bits per heavy atom. The molecule has 0 radical (unpaired) electrons. The van der Waals surface area contributed by atoms with Gasteiger partial charge in [-0.3, -0.25) is 0 Å². The van der Waals surface area contributed by atoms with E-state index in [4.69, 9.17) is 0 Å². The Labute approximate surface area is 127 Å². The lowest BCUT2D eigenvalue weighted by Gasteiger charge is -2.41. The molecule has 118 valence electrons. The van der Waals surface area contributed by atoms with E-state index >= 15 is 0 Å². The highest BCUT2D eigenvalue weighted by Gasteiger charge is 2.33. The fourth-order valence-corrected chi connectivity index (χ4v) is 4.75. The average Bonchev–Trinajstić information content (AvgIpc) is 2.38. The van der Waals surface area contributed by atoms with Gasteiger partial charge in [-0.1, -0.05) is 41.0 Å². The van der Waals surface area contributed by atoms with Crippen molar-refractivity contribution in [1.29, 1.82) is 0 Å². The van der Waals surface area contributed by atoms with Crippen molar-refractivity contribution < 1.29 is 0 Å². The molecule has 0 saturated heterocycles. The molecular weight excluding hydrogens is 242 g/mol. The minimum Gasteiger partial charge on any atom is -0.311 e. The first kappa shape index (κ1) is 16.3. The van der Waals surface area contributed by atoms with E-state index in [1.165, 1.54) is 51.4 Å². The van der Waals surface area contributed by atoms with Crippen LogP contribution in [0.4, 0.5) is 0 Å². The summed E-state index contributed by atoms with van der Waals surface area (Å²) in [5, 5.41) is 4.01. The number of hydrogen-bond acceptors (Lipinski definition) is 1. The minimum atomic E-state index is 0.554. The molecule has 2 aliphatic rings. The van der Waals surface area contributed by atoms with E-state index in [9.17, 15) is 0 Å². The Hall–Kier alpha value is -0.0400. The van der Waals surface area contributed by atoms with Crippen LogP contribution in [0.25, 0.3) is 0 Å². The zero-order chi connectivity index (χ0) is 14.8. The molecule has 20 heavy (non-hydrogen) atoms. The van der Waals surface area contributed by atoms with Crippen molar-refractivity contribution in [2.24, 2.45) is 23.2 Å². The van der Waals surface area contributed by atoms with Crippen LogP contribution in [0.15, 0.2) is 0 Å². The minimum absolute atomic E-state index is 0.554. The summed E-state index contributed by atoms with van der Waals surface area (Å²) < 4.78 is 0. The summed E-state index contributed by atoms with van der Waals surface area (Å²) >= 11 is 0. The summed E-state index contributed by atoms with van der Waals surface area (Å²) in [6.07, 6.45) is 11.3. The highest BCUT2D eigenvalue weighted by Crippen LogP contribution is 2.40. The third kappa shape index (κ3) is 4.23. The van der Waals surface area contributed by atoms with Crippen molar-refractivity contribution in [3.63, 3.8) is 0 Å². The molecule has 2 fully saturated rings. The maximum atomic E-state index is 4.01. The van der Waals surface area contributed by atoms with Crippen LogP contribution in [0.2, 0.25) is 0 Å². The van der Waals surface area contributed by atoms with Crippen molar-refractivity contribution in [2.75, 3.05) is 0 Å². The summed E-state index contributed by atoms with van der Waals surface area (Å²) in [6, 6.07) is 1.61. The zero-order valence-electron chi connectivity index (χ0n) is 14.5. The normalized spacial score (nSPS) is 39.8. The van der Waals surface area contributed by atoms with Gasteiger partial charge in [-0.2, -0.15) is 0 Å². The highest BCUT2D eigenvalue weighted by molar-refractivity contribution is 4.88. The van der Waals surface area contributed by atoms with Crippen LogP contribution in [0, 0.1) is 23.2 Å². The van der Waals surface area contributed by atoms with E-state index < -0.39 is 0 Å². The van der Waals surface area contributed by atoms with Crippen molar-refractivity contribution >= 4 is 0 Å². The van der Waals surface area contributed by atoms with Crippen LogP contribution in [0.5, 0.6) is 0 Å². The smallest absolute Gasteiger partial charge is 0.00747 e. The largest absolute Gasteiger partial charge is 0.311 e. The van der Waals surface area contributed by atoms with Gasteiger partial charge >= 0.3 is 0 Å². The molecule has 2 unspecified atom stereocenters. The third-order valence-electron chi connectivity index (χ3n) is 6.39. The molecule has 0 aliphatic heterocycles. The predicted molar refractivity (Wildman–Crippen MR) is 88.9 cm³/mol. The topological polar surface area (TPSA) is 12.0 Å². The molecule has 0 amide bonds. The second kappa shape index (κ2) is 6.81. The van der Waals surface area contributed by atoms with Gasteiger partial charge in [0.2, 0.25) is 0 Å². The Balaban J connectivity index is 1.77. The third-order valence-corrected chi connectivity index (χ3v) is 6.39. The quantitative estimate of drug-likeness (QED) is 0.727. The van der Waals surface area contributed by atoms with E-state index in [0.717, 1.165) is 29.8 Å². The van der Waals surface area contributed by atoms with Gasteiger partial charge in [-0.15, -0.1) is 0 Å². The standard InChI is InChI=1S/C19H37N/c1-6-19(4,5)16-7-9-17(10-8-16)20-18-12-14(2)11-15(3)13-18/h14-18,20H,6-13H2,1-5H3. The van der Waals surface area contributed by atoms with Gasteiger partial charge in [-0.25, -0.2) is 0 Å². The maximum absolute atomic E-state index is 4.01. The van der Waals surface area contributed by atoms with E-state index in [2.05, 4.69) is 39.9 Å². The Bertz CT molecular complexity index is 278. The number of hydrogen-bond donors (Lipinski definition) is 1. The molecule has 0 heterocycles. The van der Waals surface area contributed by atoms with Crippen molar-refractivity contribution in [3.8, 4) is 0 Å². The van der Waals surface area contributed by atoms with Crippen molar-refractivity contribution in [3.05, 3.63) is 0 Å². The lowest BCUT2D eigenvalue weighted by molar-refractivity contribution is 0.126. The lowest BCUT2D eigenvalue weighted by atomic mass is 9.68.